The molecule has 68 heavy (non-hydrogen) atoms. The molecule has 9 aromatic rings. The first-order chi connectivity index (χ1) is 33.4. The van der Waals surface area contributed by atoms with E-state index in [4.69, 9.17) is 15.0 Å². The summed E-state index contributed by atoms with van der Waals surface area (Å²) in [5.74, 6) is 2.42. The van der Waals surface area contributed by atoms with Crippen molar-refractivity contribution in [2.24, 2.45) is 0 Å². The summed E-state index contributed by atoms with van der Waals surface area (Å²) in [5, 5.41) is 0. The molecular formula is C61H59N5S2. The third kappa shape index (κ3) is 10.2. The van der Waals surface area contributed by atoms with E-state index < -0.39 is 9.06 Å². The van der Waals surface area contributed by atoms with Crippen LogP contribution in [-0.2, 0) is 0 Å². The minimum atomic E-state index is -1.87. The van der Waals surface area contributed by atoms with Crippen molar-refractivity contribution in [2.75, 3.05) is 9.80 Å². The summed E-state index contributed by atoms with van der Waals surface area (Å²) in [7, 11) is 0.107. The Morgan fingerprint density at radius 2 is 0.912 bits per heavy atom. The van der Waals surface area contributed by atoms with Crippen molar-refractivity contribution in [1.29, 1.82) is 0 Å². The Morgan fingerprint density at radius 3 is 1.43 bits per heavy atom. The predicted molar refractivity (Wildman–Crippen MR) is 288 cm³/mol. The normalized spacial score (nSPS) is 14.3. The Labute approximate surface area is 408 Å². The second-order valence-electron chi connectivity index (χ2n) is 17.4. The number of para-hydroxylation sites is 4. The summed E-state index contributed by atoms with van der Waals surface area (Å²) in [4.78, 5) is 26.1. The van der Waals surface area contributed by atoms with E-state index in [9.17, 15) is 0 Å². The molecule has 0 radical (unpaired) electrons. The number of benzene rings is 8. The van der Waals surface area contributed by atoms with Gasteiger partial charge in [-0.15, -0.1) is 9.06 Å². The van der Waals surface area contributed by atoms with Crippen molar-refractivity contribution in [2.45, 2.75) is 85.3 Å². The summed E-state index contributed by atoms with van der Waals surface area (Å²) in [6.07, 6.45) is 5.79. The molecule has 0 bridgehead atoms. The Hall–Kier alpha value is -6.93. The van der Waals surface area contributed by atoms with Gasteiger partial charge in [-0.1, -0.05) is 199 Å². The molecule has 0 saturated heterocycles. The highest BCUT2D eigenvalue weighted by atomic mass is 33.2. The van der Waals surface area contributed by atoms with E-state index in [1.54, 1.807) is 0 Å². The van der Waals surface area contributed by atoms with E-state index in [1.807, 2.05) is 47.2 Å². The maximum atomic E-state index is 5.55. The monoisotopic (exact) mass is 925 g/mol. The molecule has 5 nitrogen and oxygen atoms in total. The van der Waals surface area contributed by atoms with Crippen LogP contribution in [0, 0.1) is 27.7 Å². The summed E-state index contributed by atoms with van der Waals surface area (Å²) in [6.45, 7) is 8.50. The Bertz CT molecular complexity index is 2910. The molecule has 11 rings (SSSR count). The number of aromatic nitrogens is 3. The fourth-order valence-electron chi connectivity index (χ4n) is 8.99. The van der Waals surface area contributed by atoms with Crippen molar-refractivity contribution >= 4 is 54.5 Å². The SMILES string of the molecule is Cc1ccccc1.Cc1ccccc1.Cc1ccccc1N(c1nc(C2CCCCC2)nc(N2c3ccccc3SS(c3ccccc3)(c3ccccc3)c3ccccc32)n1)c1ccccc1C. The van der Waals surface area contributed by atoms with Gasteiger partial charge in [0.1, 0.15) is 5.82 Å². The number of aryl methyl sites for hydroxylation is 4. The fraction of sp³-hybridized carbons (Fsp3) is 0.164. The molecule has 1 saturated carbocycles. The zero-order valence-electron chi connectivity index (χ0n) is 39.5. The first kappa shape index (κ1) is 46.2. The van der Waals surface area contributed by atoms with E-state index in [1.165, 1.54) is 50.0 Å². The van der Waals surface area contributed by atoms with Crippen molar-refractivity contribution in [3.05, 3.63) is 246 Å². The molecule has 2 heterocycles. The van der Waals surface area contributed by atoms with Gasteiger partial charge >= 0.3 is 0 Å². The van der Waals surface area contributed by atoms with Gasteiger partial charge in [-0.3, -0.25) is 9.80 Å². The first-order valence-corrected chi connectivity index (χ1v) is 26.7. The number of anilines is 6. The van der Waals surface area contributed by atoms with Crippen LogP contribution in [0.25, 0.3) is 0 Å². The molecule has 1 aliphatic carbocycles. The van der Waals surface area contributed by atoms with Gasteiger partial charge in [-0.25, -0.2) is 0 Å². The van der Waals surface area contributed by atoms with E-state index in [-0.39, 0.29) is 5.92 Å². The van der Waals surface area contributed by atoms with Gasteiger partial charge in [-0.05, 0) is 112 Å². The minimum absolute atomic E-state index is 0.264. The lowest BCUT2D eigenvalue weighted by atomic mass is 9.89. The lowest BCUT2D eigenvalue weighted by Gasteiger charge is -2.40. The van der Waals surface area contributed by atoms with Gasteiger partial charge in [0.15, 0.2) is 0 Å². The fourth-order valence-corrected chi connectivity index (χ4v) is 15.7. The second kappa shape index (κ2) is 21.8. The third-order valence-electron chi connectivity index (χ3n) is 12.5. The lowest BCUT2D eigenvalue weighted by molar-refractivity contribution is 0.428. The summed E-state index contributed by atoms with van der Waals surface area (Å²) < 4.78 is 0. The molecule has 1 aliphatic heterocycles. The zero-order chi connectivity index (χ0) is 46.7. The quantitative estimate of drug-likeness (QED) is 0.148. The highest BCUT2D eigenvalue weighted by Gasteiger charge is 2.41. The molecule has 0 spiro atoms. The highest BCUT2D eigenvalue weighted by molar-refractivity contribution is 8.94. The molecule has 2 aliphatic rings. The lowest BCUT2D eigenvalue weighted by Crippen LogP contribution is -2.22. The first-order valence-electron chi connectivity index (χ1n) is 23.7. The van der Waals surface area contributed by atoms with Gasteiger partial charge in [0.05, 0.1) is 22.7 Å². The second-order valence-corrected chi connectivity index (χ2v) is 22.5. The van der Waals surface area contributed by atoms with Crippen LogP contribution in [0.15, 0.2) is 238 Å². The highest BCUT2D eigenvalue weighted by Crippen LogP contribution is 2.81. The van der Waals surface area contributed by atoms with Crippen molar-refractivity contribution in [3.63, 3.8) is 0 Å². The summed E-state index contributed by atoms with van der Waals surface area (Å²) in [5.41, 5.74) is 9.23. The number of rotatable bonds is 7. The standard InChI is InChI=1S/C47H43N5S2.2C7H8/c1-34-20-12-14-28-39(34)51(40-29-15-13-21-35(40)2)46-48-45(36-22-6-3-7-23-36)49-47(50-46)52-41-30-16-18-32-43(41)53-54(37-24-8-4-9-25-37,38-26-10-5-11-27-38)44-33-19-17-31-42(44)52;2*1-7-5-3-2-4-6-7/h4-5,8-21,24-33,36H,3,6-7,22-23H2,1-2H3;2*2-6H,1H3. The predicted octanol–water partition coefficient (Wildman–Crippen LogP) is 17.8. The molecular weight excluding hydrogens is 867 g/mol. The van der Waals surface area contributed by atoms with E-state index in [0.717, 1.165) is 52.5 Å². The number of fused-ring (bicyclic) bond motifs is 2. The van der Waals surface area contributed by atoms with Crippen LogP contribution < -0.4 is 9.80 Å². The molecule has 1 fully saturated rings. The van der Waals surface area contributed by atoms with Gasteiger partial charge in [0, 0.05) is 25.5 Å². The number of hydrogen-bond donors (Lipinski definition) is 0. The molecule has 0 unspecified atom stereocenters. The average Bonchev–Trinajstić information content (AvgIpc) is 3.52. The maximum Gasteiger partial charge on any atom is 0.239 e. The topological polar surface area (TPSA) is 45.2 Å². The van der Waals surface area contributed by atoms with Crippen LogP contribution in [0.4, 0.5) is 34.6 Å². The van der Waals surface area contributed by atoms with Gasteiger partial charge in [0.2, 0.25) is 11.9 Å². The van der Waals surface area contributed by atoms with Crippen LogP contribution in [0.5, 0.6) is 0 Å². The molecule has 0 atom stereocenters. The van der Waals surface area contributed by atoms with Crippen LogP contribution >= 0.6 is 19.9 Å². The molecule has 7 heteroatoms. The molecule has 0 N–H and O–H groups in total. The van der Waals surface area contributed by atoms with Crippen LogP contribution in [0.3, 0.4) is 0 Å². The largest absolute Gasteiger partial charge is 0.278 e. The van der Waals surface area contributed by atoms with E-state index in [0.29, 0.717) is 11.9 Å². The van der Waals surface area contributed by atoms with Gasteiger partial charge in [0.25, 0.3) is 0 Å². The van der Waals surface area contributed by atoms with Gasteiger partial charge < -0.3 is 0 Å². The third-order valence-corrected chi connectivity index (χ3v) is 19.1. The van der Waals surface area contributed by atoms with E-state index in [2.05, 4.69) is 219 Å². The van der Waals surface area contributed by atoms with Crippen LogP contribution in [0.1, 0.15) is 66.1 Å². The van der Waals surface area contributed by atoms with E-state index >= 15 is 0 Å². The Morgan fingerprint density at radius 1 is 0.456 bits per heavy atom. The minimum Gasteiger partial charge on any atom is -0.278 e. The van der Waals surface area contributed by atoms with Crippen molar-refractivity contribution < 1.29 is 0 Å². The van der Waals surface area contributed by atoms with Crippen LogP contribution in [-0.4, -0.2) is 15.0 Å². The maximum absolute atomic E-state index is 5.55. The average molecular weight is 926 g/mol. The summed E-state index contributed by atoms with van der Waals surface area (Å²) >= 11 is 0. The van der Waals surface area contributed by atoms with Crippen LogP contribution in [0.2, 0.25) is 0 Å². The smallest absolute Gasteiger partial charge is 0.239 e. The van der Waals surface area contributed by atoms with Crippen molar-refractivity contribution in [1.82, 2.24) is 15.0 Å². The molecule has 340 valence electrons. The van der Waals surface area contributed by atoms with Gasteiger partial charge in [-0.2, -0.15) is 15.0 Å². The Kier molecular flexibility index (Phi) is 14.8. The number of hydrogen-bond acceptors (Lipinski definition) is 6. The zero-order valence-corrected chi connectivity index (χ0v) is 41.1. The summed E-state index contributed by atoms with van der Waals surface area (Å²) in [6, 6.07) is 77.4. The molecule has 0 amide bonds. The number of nitrogens with zero attached hydrogens (tertiary/aromatic N) is 5. The Balaban J connectivity index is 0.000000354. The molecule has 1 aromatic heterocycles. The van der Waals surface area contributed by atoms with Crippen molar-refractivity contribution in [3.8, 4) is 0 Å². The molecule has 8 aromatic carbocycles.